The second-order valence-electron chi connectivity index (χ2n) is 3.20. The lowest BCUT2D eigenvalue weighted by molar-refractivity contribution is -0.243. The lowest BCUT2D eigenvalue weighted by atomic mass is 10.5. The number of hydrogen-bond donors (Lipinski definition) is 1. The average molecular weight is 265 g/mol. The molecule has 0 bridgehead atoms. The van der Waals surface area contributed by atoms with Gasteiger partial charge in [0.1, 0.15) is 0 Å². The quantitative estimate of drug-likeness (QED) is 0.356. The van der Waals surface area contributed by atoms with Crippen molar-refractivity contribution in [3.63, 3.8) is 0 Å². The zero-order valence-electron chi connectivity index (χ0n) is 10.9. The highest BCUT2D eigenvalue weighted by molar-refractivity contribution is 6.27. The third-order valence-electron chi connectivity index (χ3n) is 1.89. The predicted molar refractivity (Wildman–Crippen MR) is 66.5 cm³/mol. The van der Waals surface area contributed by atoms with Crippen LogP contribution in [0.3, 0.4) is 0 Å². The monoisotopic (exact) mass is 265 g/mol. The highest BCUT2D eigenvalue weighted by Crippen LogP contribution is 1.98. The number of carbonyl (C=O) groups is 1. The summed E-state index contributed by atoms with van der Waals surface area (Å²) in [7, 11) is 0.679. The zero-order valence-corrected chi connectivity index (χ0v) is 12.3. The van der Waals surface area contributed by atoms with Crippen LogP contribution in [-0.2, 0) is 18.6 Å². The van der Waals surface area contributed by atoms with Gasteiger partial charge < -0.3 is 24.0 Å². The Morgan fingerprint density at radius 1 is 1.29 bits per heavy atom. The molecule has 6 nitrogen and oxygen atoms in total. The van der Waals surface area contributed by atoms with Crippen LogP contribution < -0.4 is 5.32 Å². The van der Waals surface area contributed by atoms with Gasteiger partial charge in [0.15, 0.2) is 9.76 Å². The SMILES string of the molecule is CCOC(OCC)O[SiH2]CCCNC(=O)OC. The van der Waals surface area contributed by atoms with Gasteiger partial charge in [0.05, 0.1) is 7.11 Å². The molecule has 0 atom stereocenters. The Hall–Kier alpha value is -0.633. The van der Waals surface area contributed by atoms with Crippen LogP contribution in [-0.4, -0.2) is 49.2 Å². The number of nitrogens with one attached hydrogen (secondary N) is 1. The summed E-state index contributed by atoms with van der Waals surface area (Å²) in [4.78, 5) is 10.7. The van der Waals surface area contributed by atoms with Crippen molar-refractivity contribution in [3.05, 3.63) is 0 Å². The normalized spacial score (nSPS) is 11.3. The summed E-state index contributed by atoms with van der Waals surface area (Å²) < 4.78 is 20.4. The summed E-state index contributed by atoms with van der Waals surface area (Å²) in [6.45, 7) is 5.03. The maximum atomic E-state index is 10.7. The number of rotatable bonds is 10. The smallest absolute Gasteiger partial charge is 0.406 e. The van der Waals surface area contributed by atoms with E-state index in [0.717, 1.165) is 12.5 Å². The van der Waals surface area contributed by atoms with E-state index >= 15 is 0 Å². The van der Waals surface area contributed by atoms with Gasteiger partial charge in [0.25, 0.3) is 6.48 Å². The minimum atomic E-state index is -0.670. The Morgan fingerprint density at radius 2 is 1.94 bits per heavy atom. The molecule has 0 aliphatic heterocycles. The van der Waals surface area contributed by atoms with Crippen LogP contribution >= 0.6 is 0 Å². The number of hydrogen-bond acceptors (Lipinski definition) is 5. The standard InChI is InChI=1S/C10H23NO5Si/c1-4-14-10(15-5-2)16-17-8-6-7-11-9(12)13-3/h10H,4-8,17H2,1-3H3,(H,11,12). The first-order valence-electron chi connectivity index (χ1n) is 5.91. The van der Waals surface area contributed by atoms with Crippen LogP contribution in [0.1, 0.15) is 20.3 Å². The summed E-state index contributed by atoms with van der Waals surface area (Å²) in [6.07, 6.45) is 0.487. The van der Waals surface area contributed by atoms with Crippen LogP contribution in [0.2, 0.25) is 6.04 Å². The minimum absolute atomic E-state index is 0.394. The van der Waals surface area contributed by atoms with Gasteiger partial charge in [-0.1, -0.05) is 0 Å². The molecular weight excluding hydrogens is 242 g/mol. The van der Waals surface area contributed by atoms with Gasteiger partial charge in [-0.25, -0.2) is 4.79 Å². The van der Waals surface area contributed by atoms with Crippen molar-refractivity contribution in [2.45, 2.75) is 32.8 Å². The number of amides is 1. The largest absolute Gasteiger partial charge is 0.453 e. The van der Waals surface area contributed by atoms with Crippen molar-refractivity contribution < 1.29 is 23.4 Å². The molecule has 0 saturated carbocycles. The number of ether oxygens (including phenoxy) is 3. The van der Waals surface area contributed by atoms with Gasteiger partial charge in [-0.3, -0.25) is 0 Å². The second-order valence-corrected chi connectivity index (χ2v) is 4.64. The number of methoxy groups -OCH3 is 1. The first-order valence-corrected chi connectivity index (χ1v) is 7.48. The minimum Gasteiger partial charge on any atom is -0.453 e. The summed E-state index contributed by atoms with van der Waals surface area (Å²) >= 11 is 0. The van der Waals surface area contributed by atoms with E-state index in [1.54, 1.807) is 0 Å². The molecule has 0 unspecified atom stereocenters. The zero-order chi connectivity index (χ0) is 12.9. The highest BCUT2D eigenvalue weighted by atomic mass is 28.2. The van der Waals surface area contributed by atoms with Gasteiger partial charge in [-0.15, -0.1) is 0 Å². The van der Waals surface area contributed by atoms with Gasteiger partial charge in [0, 0.05) is 19.8 Å². The molecule has 1 N–H and O–H groups in total. The lowest BCUT2D eigenvalue weighted by Crippen LogP contribution is -2.25. The van der Waals surface area contributed by atoms with Crippen LogP contribution in [0.5, 0.6) is 0 Å². The lowest BCUT2D eigenvalue weighted by Gasteiger charge is -2.17. The van der Waals surface area contributed by atoms with E-state index in [2.05, 4.69) is 10.1 Å². The van der Waals surface area contributed by atoms with Crippen molar-refractivity contribution >= 4 is 15.9 Å². The van der Waals surface area contributed by atoms with E-state index in [-0.39, 0.29) is 0 Å². The van der Waals surface area contributed by atoms with Gasteiger partial charge in [-0.05, 0) is 26.3 Å². The molecule has 0 aliphatic rings. The first-order chi connectivity index (χ1) is 8.24. The molecule has 7 heteroatoms. The van der Waals surface area contributed by atoms with E-state index in [0.29, 0.717) is 19.8 Å². The number of carbonyl (C=O) groups excluding carboxylic acids is 1. The summed E-state index contributed by atoms with van der Waals surface area (Å²) in [6, 6.07) is 0.959. The van der Waals surface area contributed by atoms with E-state index in [9.17, 15) is 4.79 Å². The molecule has 0 aromatic rings. The van der Waals surface area contributed by atoms with Crippen molar-refractivity contribution in [1.29, 1.82) is 0 Å². The van der Waals surface area contributed by atoms with Gasteiger partial charge in [0.2, 0.25) is 0 Å². The maximum absolute atomic E-state index is 10.7. The van der Waals surface area contributed by atoms with E-state index in [1.807, 2.05) is 13.8 Å². The fourth-order valence-corrected chi connectivity index (χ4v) is 2.09. The molecule has 0 aliphatic carbocycles. The molecule has 0 radical (unpaired) electrons. The molecule has 0 heterocycles. The van der Waals surface area contributed by atoms with Gasteiger partial charge in [-0.2, -0.15) is 0 Å². The number of alkyl carbamates (subject to hydrolysis) is 1. The molecule has 0 spiro atoms. The predicted octanol–water partition coefficient (Wildman–Crippen LogP) is 0.608. The summed E-state index contributed by atoms with van der Waals surface area (Å²) in [5.74, 6) is 0. The van der Waals surface area contributed by atoms with E-state index in [4.69, 9.17) is 13.9 Å². The Balaban J connectivity index is 3.38. The van der Waals surface area contributed by atoms with Crippen molar-refractivity contribution in [1.82, 2.24) is 5.32 Å². The summed E-state index contributed by atoms with van der Waals surface area (Å²) in [5, 5.41) is 2.61. The van der Waals surface area contributed by atoms with E-state index < -0.39 is 22.3 Å². The highest BCUT2D eigenvalue weighted by Gasteiger charge is 2.07. The Bertz CT molecular complexity index is 188. The van der Waals surface area contributed by atoms with Crippen LogP contribution in [0.25, 0.3) is 0 Å². The van der Waals surface area contributed by atoms with Crippen molar-refractivity contribution in [2.75, 3.05) is 26.9 Å². The topological polar surface area (TPSA) is 66.0 Å². The Labute approximate surface area is 105 Å². The molecular formula is C10H23NO5Si. The average Bonchev–Trinajstić information content (AvgIpc) is 2.33. The fourth-order valence-electron chi connectivity index (χ4n) is 1.09. The second kappa shape index (κ2) is 11.8. The molecule has 102 valence electrons. The fraction of sp³-hybridized carbons (Fsp3) is 0.900. The maximum Gasteiger partial charge on any atom is 0.406 e. The molecule has 0 saturated heterocycles. The van der Waals surface area contributed by atoms with Crippen molar-refractivity contribution in [3.8, 4) is 0 Å². The van der Waals surface area contributed by atoms with Gasteiger partial charge >= 0.3 is 6.09 Å². The molecule has 0 aromatic heterocycles. The summed E-state index contributed by atoms with van der Waals surface area (Å²) in [5.41, 5.74) is 0. The van der Waals surface area contributed by atoms with Crippen LogP contribution in [0.15, 0.2) is 0 Å². The van der Waals surface area contributed by atoms with Crippen LogP contribution in [0.4, 0.5) is 4.79 Å². The van der Waals surface area contributed by atoms with Crippen molar-refractivity contribution in [2.24, 2.45) is 0 Å². The third kappa shape index (κ3) is 10.2. The molecule has 1 amide bonds. The molecule has 17 heavy (non-hydrogen) atoms. The Kier molecular flexibility index (Phi) is 11.4. The Morgan fingerprint density at radius 3 is 2.47 bits per heavy atom. The molecule has 0 fully saturated rings. The first kappa shape index (κ1) is 16.4. The molecule has 0 rings (SSSR count). The van der Waals surface area contributed by atoms with Crippen LogP contribution in [0, 0.1) is 0 Å². The molecule has 0 aromatic carbocycles. The van der Waals surface area contributed by atoms with E-state index in [1.165, 1.54) is 7.11 Å². The third-order valence-corrected chi connectivity index (χ3v) is 3.18.